The van der Waals surface area contributed by atoms with Gasteiger partial charge in [-0.2, -0.15) is 0 Å². The lowest BCUT2D eigenvalue weighted by molar-refractivity contribution is -0.126. The van der Waals surface area contributed by atoms with Crippen LogP contribution in [0.3, 0.4) is 0 Å². The van der Waals surface area contributed by atoms with Gasteiger partial charge in [0.05, 0.1) is 11.7 Å². The van der Waals surface area contributed by atoms with Crippen molar-refractivity contribution in [3.63, 3.8) is 0 Å². The molecule has 5 heteroatoms. The number of nitrogens with one attached hydrogen (secondary N) is 1. The van der Waals surface area contributed by atoms with Gasteiger partial charge in [0.15, 0.2) is 0 Å². The lowest BCUT2D eigenvalue weighted by Gasteiger charge is -2.26. The number of aromatic nitrogens is 1. The summed E-state index contributed by atoms with van der Waals surface area (Å²) in [6, 6.07) is 10.4. The van der Waals surface area contributed by atoms with Gasteiger partial charge >= 0.3 is 0 Å². The first-order valence-electron chi connectivity index (χ1n) is 10.9. The van der Waals surface area contributed by atoms with Crippen LogP contribution < -0.4 is 10.5 Å². The number of carbonyl (C=O) groups excluding carboxylic acids is 1. The summed E-state index contributed by atoms with van der Waals surface area (Å²) in [5.74, 6) is 1.25. The van der Waals surface area contributed by atoms with Crippen molar-refractivity contribution in [3.05, 3.63) is 72.1 Å². The van der Waals surface area contributed by atoms with Crippen LogP contribution in [0.15, 0.2) is 54.6 Å². The second kappa shape index (κ2) is 12.5. The molecule has 0 aliphatic heterocycles. The van der Waals surface area contributed by atoms with Crippen molar-refractivity contribution in [3.8, 4) is 0 Å². The van der Waals surface area contributed by atoms with Gasteiger partial charge in [0, 0.05) is 22.6 Å². The molecule has 1 heterocycles. The third-order valence-corrected chi connectivity index (χ3v) is 6.29. The monoisotopic (exact) mass is 437 g/mol. The molecule has 4 nitrogen and oxygen atoms in total. The van der Waals surface area contributed by atoms with Gasteiger partial charge in [-0.3, -0.25) is 14.9 Å². The van der Waals surface area contributed by atoms with Gasteiger partial charge in [-0.25, -0.2) is 0 Å². The number of nitrogens with zero attached hydrogens (tertiary/aromatic N) is 1. The van der Waals surface area contributed by atoms with Crippen molar-refractivity contribution in [1.29, 1.82) is 0 Å². The third-order valence-electron chi connectivity index (χ3n) is 5.80. The van der Waals surface area contributed by atoms with E-state index in [0.29, 0.717) is 0 Å². The number of pyridine rings is 1. The highest BCUT2D eigenvalue weighted by atomic mass is 32.2. The van der Waals surface area contributed by atoms with Crippen LogP contribution in [0.2, 0.25) is 0 Å². The van der Waals surface area contributed by atoms with Crippen molar-refractivity contribution in [2.75, 3.05) is 0 Å². The number of benzene rings is 1. The van der Waals surface area contributed by atoms with Gasteiger partial charge < -0.3 is 5.32 Å². The normalized spacial score (nSPS) is 18.8. The van der Waals surface area contributed by atoms with Gasteiger partial charge in [-0.05, 0) is 75.1 Å². The molecular weight excluding hydrogens is 402 g/mol. The fourth-order valence-electron chi connectivity index (χ4n) is 3.66. The van der Waals surface area contributed by atoms with Crippen LogP contribution in [-0.4, -0.2) is 10.9 Å². The number of amides is 1. The Morgan fingerprint density at radius 2 is 1.84 bits per heavy atom. The van der Waals surface area contributed by atoms with Gasteiger partial charge in [-0.15, -0.1) is 0 Å². The lowest BCUT2D eigenvalue weighted by Crippen LogP contribution is -2.34. The molecular formula is C26H35N3OS. The Hall–Kier alpha value is -2.37. The molecule has 2 aromatic rings. The van der Waals surface area contributed by atoms with E-state index in [1.807, 2.05) is 6.07 Å². The first kappa shape index (κ1) is 24.9. The molecule has 1 aliphatic rings. The smallest absolute Gasteiger partial charge is 0.223 e. The van der Waals surface area contributed by atoms with E-state index in [-0.39, 0.29) is 17.9 Å². The van der Waals surface area contributed by atoms with Gasteiger partial charge in [-0.1, -0.05) is 56.0 Å². The quantitative estimate of drug-likeness (QED) is 0.518. The van der Waals surface area contributed by atoms with Crippen LogP contribution in [-0.2, 0) is 4.79 Å². The van der Waals surface area contributed by atoms with E-state index < -0.39 is 0 Å². The molecule has 31 heavy (non-hydrogen) atoms. The average Bonchev–Trinajstić information content (AvgIpc) is 2.79. The summed E-state index contributed by atoms with van der Waals surface area (Å²) in [5, 5.41) is 8.54. The van der Waals surface area contributed by atoms with Crippen molar-refractivity contribution >= 4 is 30.0 Å². The topological polar surface area (TPSA) is 68.0 Å². The first-order valence-corrected chi connectivity index (χ1v) is 11.7. The molecule has 0 radical (unpaired) electrons. The van der Waals surface area contributed by atoms with Crippen LogP contribution in [0.5, 0.6) is 0 Å². The molecule has 3 N–H and O–H groups in total. The van der Waals surface area contributed by atoms with Gasteiger partial charge in [0.2, 0.25) is 5.91 Å². The maximum atomic E-state index is 12.2. The molecule has 1 unspecified atom stereocenters. The zero-order valence-electron chi connectivity index (χ0n) is 18.9. The highest BCUT2D eigenvalue weighted by Gasteiger charge is 2.25. The van der Waals surface area contributed by atoms with Crippen LogP contribution in [0.4, 0.5) is 0 Å². The van der Waals surface area contributed by atoms with E-state index in [4.69, 9.17) is 5.14 Å². The van der Waals surface area contributed by atoms with E-state index in [2.05, 4.69) is 68.5 Å². The Balaban J connectivity index is 0.000000245. The van der Waals surface area contributed by atoms with Crippen molar-refractivity contribution in [1.82, 2.24) is 10.3 Å². The molecule has 0 bridgehead atoms. The molecule has 1 aromatic heterocycles. The summed E-state index contributed by atoms with van der Waals surface area (Å²) in [5.41, 5.74) is 4.23. The summed E-state index contributed by atoms with van der Waals surface area (Å²) >= 11 is 1.17. The average molecular weight is 438 g/mol. The Morgan fingerprint density at radius 3 is 2.39 bits per heavy atom. The molecule has 1 fully saturated rings. The molecule has 3 rings (SSSR count). The summed E-state index contributed by atoms with van der Waals surface area (Å²) < 4.78 is 0. The van der Waals surface area contributed by atoms with Crippen LogP contribution in [0, 0.1) is 18.8 Å². The SMILES string of the molecule is C=Cc1cc(SN)cnc1C=C.Cc1ccc(C(C)NC(=O)C2CCC(C)CC2)cc1. The molecule has 1 aromatic carbocycles. The molecule has 0 saturated heterocycles. The zero-order chi connectivity index (χ0) is 22.8. The van der Waals surface area contributed by atoms with Crippen LogP contribution in [0.25, 0.3) is 12.2 Å². The minimum absolute atomic E-state index is 0.104. The Kier molecular flexibility index (Phi) is 10.0. The predicted octanol–water partition coefficient (Wildman–Crippen LogP) is 6.33. The summed E-state index contributed by atoms with van der Waals surface area (Å²) in [4.78, 5) is 17.3. The van der Waals surface area contributed by atoms with E-state index in [0.717, 1.165) is 34.9 Å². The number of hydrogen-bond acceptors (Lipinski definition) is 4. The second-order valence-electron chi connectivity index (χ2n) is 8.27. The van der Waals surface area contributed by atoms with Crippen molar-refractivity contribution < 1.29 is 4.79 Å². The number of nitrogens with two attached hydrogens (primary N) is 1. The maximum absolute atomic E-state index is 12.2. The molecule has 1 atom stereocenters. The predicted molar refractivity (Wildman–Crippen MR) is 133 cm³/mol. The van der Waals surface area contributed by atoms with E-state index >= 15 is 0 Å². The summed E-state index contributed by atoms with van der Waals surface area (Å²) in [6.45, 7) is 13.7. The fourth-order valence-corrected chi connectivity index (χ4v) is 3.97. The standard InChI is InChI=1S/C17H25NO.C9H10N2S/c1-12-4-8-15(9-5-12)14(3)18-17(19)16-10-6-13(2)7-11-16;1-3-7-5-8(12-10)6-11-9(7)4-2/h4-5,8-9,13-14,16H,6-7,10-11H2,1-3H3,(H,18,19);3-6H,1-2,10H2. The molecule has 1 saturated carbocycles. The number of aryl methyl sites for hydroxylation is 1. The Bertz CT molecular complexity index is 871. The second-order valence-corrected chi connectivity index (χ2v) is 8.98. The Labute approximate surface area is 191 Å². The van der Waals surface area contributed by atoms with Gasteiger partial charge in [0.1, 0.15) is 0 Å². The fraction of sp³-hybridized carbons (Fsp3) is 0.385. The lowest BCUT2D eigenvalue weighted by atomic mass is 9.82. The maximum Gasteiger partial charge on any atom is 0.223 e. The zero-order valence-corrected chi connectivity index (χ0v) is 19.8. The first-order chi connectivity index (χ1) is 14.9. The minimum Gasteiger partial charge on any atom is -0.349 e. The summed E-state index contributed by atoms with van der Waals surface area (Å²) in [6.07, 6.45) is 9.63. The Morgan fingerprint density at radius 1 is 1.19 bits per heavy atom. The van der Waals surface area contributed by atoms with E-state index in [1.54, 1.807) is 18.3 Å². The minimum atomic E-state index is 0.104. The highest BCUT2D eigenvalue weighted by Crippen LogP contribution is 2.29. The summed E-state index contributed by atoms with van der Waals surface area (Å²) in [7, 11) is 0. The third kappa shape index (κ3) is 7.67. The molecule has 166 valence electrons. The van der Waals surface area contributed by atoms with E-state index in [1.165, 1.54) is 35.9 Å². The van der Waals surface area contributed by atoms with Crippen LogP contribution >= 0.6 is 11.9 Å². The van der Waals surface area contributed by atoms with Crippen molar-refractivity contribution in [2.45, 2.75) is 57.4 Å². The van der Waals surface area contributed by atoms with E-state index in [9.17, 15) is 4.79 Å². The number of carbonyl (C=O) groups is 1. The highest BCUT2D eigenvalue weighted by molar-refractivity contribution is 7.97. The van der Waals surface area contributed by atoms with Crippen LogP contribution in [0.1, 0.15) is 68.0 Å². The largest absolute Gasteiger partial charge is 0.349 e. The molecule has 1 amide bonds. The number of rotatable bonds is 6. The molecule has 1 aliphatic carbocycles. The molecule has 0 spiro atoms. The number of hydrogen-bond donors (Lipinski definition) is 2. The van der Waals surface area contributed by atoms with Crippen molar-refractivity contribution in [2.24, 2.45) is 17.0 Å². The van der Waals surface area contributed by atoms with Gasteiger partial charge in [0.25, 0.3) is 0 Å².